The van der Waals surface area contributed by atoms with Crippen LogP contribution in [0.5, 0.6) is 11.5 Å². The van der Waals surface area contributed by atoms with E-state index in [0.29, 0.717) is 5.56 Å². The van der Waals surface area contributed by atoms with E-state index in [-0.39, 0.29) is 17.9 Å². The largest absolute Gasteiger partial charge is 0.508 e. The molecule has 0 saturated heterocycles. The second kappa shape index (κ2) is 5.73. The van der Waals surface area contributed by atoms with Gasteiger partial charge in [0.05, 0.1) is 0 Å². The maximum atomic E-state index is 11.2. The van der Waals surface area contributed by atoms with Crippen LogP contribution < -0.4 is 11.5 Å². The normalized spacial score (nSPS) is 11.6. The first-order valence-corrected chi connectivity index (χ1v) is 4.84. The van der Waals surface area contributed by atoms with Crippen molar-refractivity contribution >= 4 is 12.1 Å². The van der Waals surface area contributed by atoms with Gasteiger partial charge in [0.15, 0.2) is 0 Å². The SMILES string of the molecule is NC(=O)OOC(=O)C(N)Cc1ccc(O)cc1O. The molecule has 0 radical (unpaired) electrons. The maximum Gasteiger partial charge on any atom is 0.447 e. The Kier molecular flexibility index (Phi) is 4.33. The van der Waals surface area contributed by atoms with Crippen molar-refractivity contribution in [2.24, 2.45) is 11.5 Å². The van der Waals surface area contributed by atoms with Crippen LogP contribution in [0.2, 0.25) is 0 Å². The second-order valence-corrected chi connectivity index (χ2v) is 3.43. The molecule has 1 amide bonds. The molecule has 1 aromatic rings. The van der Waals surface area contributed by atoms with E-state index < -0.39 is 18.1 Å². The fraction of sp³-hybridized carbons (Fsp3) is 0.200. The Hall–Kier alpha value is -2.48. The molecule has 0 aliphatic heterocycles. The van der Waals surface area contributed by atoms with Crippen molar-refractivity contribution in [3.05, 3.63) is 23.8 Å². The van der Waals surface area contributed by atoms with Crippen molar-refractivity contribution in [3.63, 3.8) is 0 Å². The molecule has 0 aliphatic carbocycles. The average molecular weight is 256 g/mol. The van der Waals surface area contributed by atoms with Gasteiger partial charge >= 0.3 is 12.1 Å². The van der Waals surface area contributed by atoms with Crippen LogP contribution in [0.1, 0.15) is 5.56 Å². The Balaban J connectivity index is 2.60. The van der Waals surface area contributed by atoms with Gasteiger partial charge in [0.1, 0.15) is 17.5 Å². The molecular weight excluding hydrogens is 244 g/mol. The lowest BCUT2D eigenvalue weighted by Crippen LogP contribution is -2.35. The number of phenols is 2. The van der Waals surface area contributed by atoms with Crippen molar-refractivity contribution in [2.45, 2.75) is 12.5 Å². The number of nitrogens with two attached hydrogens (primary N) is 2. The number of amides is 1. The van der Waals surface area contributed by atoms with Gasteiger partial charge in [-0.05, 0) is 11.6 Å². The van der Waals surface area contributed by atoms with Gasteiger partial charge in [0.2, 0.25) is 0 Å². The Labute approximate surface area is 102 Å². The number of rotatable bonds is 3. The fourth-order valence-electron chi connectivity index (χ4n) is 1.19. The van der Waals surface area contributed by atoms with Gasteiger partial charge in [0, 0.05) is 12.5 Å². The highest BCUT2D eigenvalue weighted by Gasteiger charge is 2.19. The minimum absolute atomic E-state index is 0.0624. The number of hydrogen-bond donors (Lipinski definition) is 4. The molecule has 0 spiro atoms. The third-order valence-corrected chi connectivity index (χ3v) is 2.02. The van der Waals surface area contributed by atoms with Crippen molar-refractivity contribution < 1.29 is 29.6 Å². The summed E-state index contributed by atoms with van der Waals surface area (Å²) >= 11 is 0. The van der Waals surface area contributed by atoms with Gasteiger partial charge in [-0.2, -0.15) is 0 Å². The van der Waals surface area contributed by atoms with Gasteiger partial charge < -0.3 is 21.7 Å². The maximum absolute atomic E-state index is 11.2. The molecule has 1 aromatic carbocycles. The van der Waals surface area contributed by atoms with Gasteiger partial charge in [0.25, 0.3) is 0 Å². The Morgan fingerprint density at radius 2 is 1.94 bits per heavy atom. The summed E-state index contributed by atoms with van der Waals surface area (Å²) in [7, 11) is 0. The third-order valence-electron chi connectivity index (χ3n) is 2.02. The van der Waals surface area contributed by atoms with Crippen molar-refractivity contribution in [1.29, 1.82) is 0 Å². The quantitative estimate of drug-likeness (QED) is 0.422. The van der Waals surface area contributed by atoms with Crippen LogP contribution >= 0.6 is 0 Å². The first kappa shape index (κ1) is 13.6. The molecule has 0 saturated carbocycles. The number of primary amides is 1. The average Bonchev–Trinajstić information content (AvgIpc) is 2.29. The molecule has 0 aliphatic rings. The van der Waals surface area contributed by atoms with Crippen molar-refractivity contribution in [2.75, 3.05) is 0 Å². The molecule has 0 bridgehead atoms. The fourth-order valence-corrected chi connectivity index (χ4v) is 1.19. The molecular formula is C10H12N2O6. The van der Waals surface area contributed by atoms with E-state index in [9.17, 15) is 14.7 Å². The van der Waals surface area contributed by atoms with Gasteiger partial charge in [-0.15, -0.1) is 0 Å². The highest BCUT2D eigenvalue weighted by Crippen LogP contribution is 2.23. The predicted octanol–water partition coefficient (Wildman–Crippen LogP) is -0.479. The highest BCUT2D eigenvalue weighted by molar-refractivity contribution is 5.76. The predicted molar refractivity (Wildman–Crippen MR) is 58.2 cm³/mol. The molecule has 1 atom stereocenters. The second-order valence-electron chi connectivity index (χ2n) is 3.43. The van der Waals surface area contributed by atoms with Crippen LogP contribution in [0.4, 0.5) is 4.79 Å². The lowest BCUT2D eigenvalue weighted by molar-refractivity contribution is -0.232. The number of carbonyl (C=O) groups excluding carboxylic acids is 2. The molecule has 0 aromatic heterocycles. The summed E-state index contributed by atoms with van der Waals surface area (Å²) < 4.78 is 0. The van der Waals surface area contributed by atoms with Crippen molar-refractivity contribution in [1.82, 2.24) is 0 Å². The Bertz CT molecular complexity index is 462. The molecule has 98 valence electrons. The zero-order valence-corrected chi connectivity index (χ0v) is 9.20. The molecule has 0 fully saturated rings. The molecule has 18 heavy (non-hydrogen) atoms. The summed E-state index contributed by atoms with van der Waals surface area (Å²) in [5.74, 6) is -1.35. The summed E-state index contributed by atoms with van der Waals surface area (Å²) in [6.07, 6.45) is -1.34. The van der Waals surface area contributed by atoms with Crippen LogP contribution in [0.3, 0.4) is 0 Å². The first-order valence-electron chi connectivity index (χ1n) is 4.84. The smallest absolute Gasteiger partial charge is 0.447 e. The van der Waals surface area contributed by atoms with E-state index in [0.717, 1.165) is 6.07 Å². The number of phenolic OH excluding ortho intramolecular Hbond substituents is 2. The first-order chi connectivity index (χ1) is 8.40. The standard InChI is InChI=1S/C10H12N2O6/c11-7(9(15)17-18-10(12)16)3-5-1-2-6(13)4-8(5)14/h1-2,4,7,13-14H,3,11H2,(H2,12,16). The van der Waals surface area contributed by atoms with E-state index in [1.54, 1.807) is 0 Å². The zero-order valence-electron chi connectivity index (χ0n) is 9.20. The lowest BCUT2D eigenvalue weighted by atomic mass is 10.1. The van der Waals surface area contributed by atoms with Crippen LogP contribution in [-0.4, -0.2) is 28.3 Å². The van der Waals surface area contributed by atoms with Gasteiger partial charge in [-0.1, -0.05) is 6.07 Å². The zero-order chi connectivity index (χ0) is 13.7. The number of benzene rings is 1. The van der Waals surface area contributed by atoms with Gasteiger partial charge in [-0.25, -0.2) is 19.4 Å². The van der Waals surface area contributed by atoms with Crippen molar-refractivity contribution in [3.8, 4) is 11.5 Å². The van der Waals surface area contributed by atoms with Crippen LogP contribution in [0, 0.1) is 0 Å². The highest BCUT2D eigenvalue weighted by atomic mass is 17.2. The minimum atomic E-state index is -1.27. The summed E-state index contributed by atoms with van der Waals surface area (Å²) in [4.78, 5) is 29.3. The minimum Gasteiger partial charge on any atom is -0.508 e. The summed E-state index contributed by atoms with van der Waals surface area (Å²) in [5.41, 5.74) is 10.4. The monoisotopic (exact) mass is 256 g/mol. The Morgan fingerprint density at radius 3 is 2.50 bits per heavy atom. The molecule has 6 N–H and O–H groups in total. The number of carbonyl (C=O) groups is 2. The van der Waals surface area contributed by atoms with Crippen LogP contribution in [-0.2, 0) is 21.0 Å². The lowest BCUT2D eigenvalue weighted by Gasteiger charge is -2.10. The Morgan fingerprint density at radius 1 is 1.28 bits per heavy atom. The topological polar surface area (TPSA) is 145 Å². The van der Waals surface area contributed by atoms with E-state index in [2.05, 4.69) is 15.5 Å². The molecule has 8 nitrogen and oxygen atoms in total. The molecule has 1 rings (SSSR count). The van der Waals surface area contributed by atoms with Gasteiger partial charge in [-0.3, -0.25) is 0 Å². The molecule has 0 heterocycles. The summed E-state index contributed by atoms with van der Waals surface area (Å²) in [5, 5.41) is 18.5. The number of hydrogen-bond acceptors (Lipinski definition) is 7. The van der Waals surface area contributed by atoms with E-state index in [1.165, 1.54) is 12.1 Å². The van der Waals surface area contributed by atoms with E-state index >= 15 is 0 Å². The van der Waals surface area contributed by atoms with E-state index in [4.69, 9.17) is 10.8 Å². The molecule has 8 heteroatoms. The third kappa shape index (κ3) is 3.83. The van der Waals surface area contributed by atoms with E-state index in [1.807, 2.05) is 0 Å². The van der Waals surface area contributed by atoms with Crippen LogP contribution in [0.15, 0.2) is 18.2 Å². The van der Waals surface area contributed by atoms with Crippen LogP contribution in [0.25, 0.3) is 0 Å². The number of aromatic hydroxyl groups is 2. The summed E-state index contributed by atoms with van der Waals surface area (Å²) in [6, 6.07) is 2.67. The molecule has 1 unspecified atom stereocenters. The summed E-state index contributed by atoms with van der Waals surface area (Å²) in [6.45, 7) is 0.